The number of rotatable bonds is 7. The molecule has 5 nitrogen and oxygen atoms in total. The molecule has 1 aliphatic heterocycles. The minimum atomic E-state index is -0.301. The van der Waals surface area contributed by atoms with Crippen LogP contribution in [0, 0.1) is 0 Å². The fourth-order valence-electron chi connectivity index (χ4n) is 5.98. The molecule has 41 heavy (non-hydrogen) atoms. The summed E-state index contributed by atoms with van der Waals surface area (Å²) in [5.74, 6) is 0.141. The van der Waals surface area contributed by atoms with Crippen molar-refractivity contribution in [2.75, 3.05) is 20.2 Å². The summed E-state index contributed by atoms with van der Waals surface area (Å²) < 4.78 is 4.88. The van der Waals surface area contributed by atoms with E-state index in [4.69, 9.17) is 27.9 Å². The topological polar surface area (TPSA) is 58.2 Å². The van der Waals surface area contributed by atoms with E-state index in [-0.39, 0.29) is 11.9 Å². The molecule has 1 fully saturated rings. The van der Waals surface area contributed by atoms with Crippen molar-refractivity contribution >= 4 is 40.1 Å². The molecule has 0 aliphatic carbocycles. The Kier molecular flexibility index (Phi) is 8.11. The van der Waals surface area contributed by atoms with Crippen molar-refractivity contribution in [2.45, 2.75) is 31.2 Å². The molecule has 0 atom stereocenters. The third-order valence-corrected chi connectivity index (χ3v) is 8.60. The summed E-state index contributed by atoms with van der Waals surface area (Å²) in [4.78, 5) is 14.4. The van der Waals surface area contributed by atoms with Crippen LogP contribution < -0.4 is 0 Å². The van der Waals surface area contributed by atoms with Gasteiger partial charge in [-0.3, -0.25) is 10.00 Å². The Morgan fingerprint density at radius 1 is 0.902 bits per heavy atom. The number of likely N-dealkylation sites (tertiary alicyclic amines) is 1. The molecule has 0 spiro atoms. The largest absolute Gasteiger partial charge is 0.465 e. The number of nitrogens with zero attached hydrogens (tertiary/aromatic N) is 2. The van der Waals surface area contributed by atoms with Gasteiger partial charge in [0.1, 0.15) is 0 Å². The Hall–Kier alpha value is -3.64. The van der Waals surface area contributed by atoms with Gasteiger partial charge in [-0.2, -0.15) is 5.10 Å². The lowest BCUT2D eigenvalue weighted by atomic mass is 9.84. The van der Waals surface area contributed by atoms with Crippen LogP contribution in [0.1, 0.15) is 63.0 Å². The van der Waals surface area contributed by atoms with Crippen molar-refractivity contribution in [2.24, 2.45) is 0 Å². The molecular weight excluding hydrogens is 553 g/mol. The molecule has 1 saturated heterocycles. The van der Waals surface area contributed by atoms with Gasteiger partial charge in [0.15, 0.2) is 0 Å². The van der Waals surface area contributed by atoms with E-state index < -0.39 is 0 Å². The lowest BCUT2D eigenvalue weighted by molar-refractivity contribution is 0.0600. The summed E-state index contributed by atoms with van der Waals surface area (Å²) in [5.41, 5.74) is 7.45. The second-order valence-corrected chi connectivity index (χ2v) is 11.6. The second-order valence-electron chi connectivity index (χ2n) is 10.7. The van der Waals surface area contributed by atoms with Crippen molar-refractivity contribution in [1.29, 1.82) is 0 Å². The number of benzene rings is 4. The summed E-state index contributed by atoms with van der Waals surface area (Å²) in [7, 11) is 1.41. The molecule has 0 saturated carbocycles. The van der Waals surface area contributed by atoms with Gasteiger partial charge in [0, 0.05) is 39.5 Å². The molecule has 0 amide bonds. The highest BCUT2D eigenvalue weighted by atomic mass is 35.5. The molecule has 7 heteroatoms. The fraction of sp³-hybridized carbons (Fsp3) is 0.235. The van der Waals surface area contributed by atoms with Gasteiger partial charge < -0.3 is 4.74 Å². The number of H-pyrrole nitrogens is 1. The molecule has 0 radical (unpaired) electrons. The molecule has 0 bridgehead atoms. The average Bonchev–Trinajstić information content (AvgIpc) is 3.43. The Morgan fingerprint density at radius 2 is 1.54 bits per heavy atom. The SMILES string of the molecule is COC(=O)c1cccc(CN2CCC(c3[nH]nc4ccc(C(c5ccc(Cl)cc5)c5ccc(Cl)cc5)cc34)CC2)c1. The number of hydrogen-bond donors (Lipinski definition) is 1. The van der Waals surface area contributed by atoms with Crippen LogP contribution in [-0.2, 0) is 11.3 Å². The smallest absolute Gasteiger partial charge is 0.337 e. The van der Waals surface area contributed by atoms with Crippen LogP contribution in [0.2, 0.25) is 10.0 Å². The summed E-state index contributed by atoms with van der Waals surface area (Å²) in [6.07, 6.45) is 2.08. The number of methoxy groups -OCH3 is 1. The van der Waals surface area contributed by atoms with Crippen LogP contribution >= 0.6 is 23.2 Å². The van der Waals surface area contributed by atoms with Crippen LogP contribution in [0.4, 0.5) is 0 Å². The van der Waals surface area contributed by atoms with Gasteiger partial charge in [-0.25, -0.2) is 4.79 Å². The monoisotopic (exact) mass is 583 g/mol. The van der Waals surface area contributed by atoms with E-state index >= 15 is 0 Å². The predicted octanol–water partition coefficient (Wildman–Crippen LogP) is 8.22. The Balaban J connectivity index is 1.24. The first-order valence-corrected chi connectivity index (χ1v) is 14.6. The van der Waals surface area contributed by atoms with E-state index in [0.29, 0.717) is 11.5 Å². The first kappa shape index (κ1) is 27.5. The zero-order valence-corrected chi connectivity index (χ0v) is 24.3. The lowest BCUT2D eigenvalue weighted by Gasteiger charge is -2.31. The molecule has 6 rings (SSSR count). The number of nitrogens with one attached hydrogen (secondary N) is 1. The van der Waals surface area contributed by atoms with Crippen LogP contribution in [0.25, 0.3) is 10.9 Å². The van der Waals surface area contributed by atoms with Gasteiger partial charge in [-0.05, 0) is 96.7 Å². The number of esters is 1. The Morgan fingerprint density at radius 3 is 2.17 bits per heavy atom. The van der Waals surface area contributed by atoms with Gasteiger partial charge >= 0.3 is 5.97 Å². The highest BCUT2D eigenvalue weighted by Crippen LogP contribution is 2.37. The predicted molar refractivity (Wildman–Crippen MR) is 165 cm³/mol. The summed E-state index contributed by atoms with van der Waals surface area (Å²) in [6.45, 7) is 2.77. The number of piperidine rings is 1. The average molecular weight is 585 g/mol. The van der Waals surface area contributed by atoms with Gasteiger partial charge in [0.2, 0.25) is 0 Å². The van der Waals surface area contributed by atoms with Crippen LogP contribution in [-0.4, -0.2) is 41.3 Å². The molecule has 208 valence electrons. The number of aromatic amines is 1. The normalized spacial score (nSPS) is 14.5. The summed E-state index contributed by atoms with van der Waals surface area (Å²) in [6, 6.07) is 30.5. The van der Waals surface area contributed by atoms with Gasteiger partial charge in [-0.1, -0.05) is 65.7 Å². The number of aromatic nitrogens is 2. The number of halogens is 2. The van der Waals surface area contributed by atoms with E-state index in [1.54, 1.807) is 6.07 Å². The Labute approximate surface area is 250 Å². The number of fused-ring (bicyclic) bond motifs is 1. The van der Waals surface area contributed by atoms with Gasteiger partial charge in [-0.15, -0.1) is 0 Å². The number of carbonyl (C=O) groups excluding carboxylic acids is 1. The van der Waals surface area contributed by atoms with Gasteiger partial charge in [0.05, 0.1) is 18.2 Å². The quantitative estimate of drug-likeness (QED) is 0.155. The maximum Gasteiger partial charge on any atom is 0.337 e. The molecule has 1 aromatic heterocycles. The first-order chi connectivity index (χ1) is 20.0. The first-order valence-electron chi connectivity index (χ1n) is 13.9. The number of hydrogen-bond acceptors (Lipinski definition) is 4. The van der Waals surface area contributed by atoms with Crippen molar-refractivity contribution in [3.63, 3.8) is 0 Å². The van der Waals surface area contributed by atoms with Crippen molar-refractivity contribution in [3.05, 3.63) is 135 Å². The minimum absolute atomic E-state index is 0.0410. The zero-order chi connectivity index (χ0) is 28.3. The molecule has 1 N–H and O–H groups in total. The van der Waals surface area contributed by atoms with Crippen molar-refractivity contribution in [3.8, 4) is 0 Å². The number of carbonyl (C=O) groups is 1. The van der Waals surface area contributed by atoms with Crippen molar-refractivity contribution in [1.82, 2.24) is 15.1 Å². The van der Waals surface area contributed by atoms with Crippen LogP contribution in [0.15, 0.2) is 91.0 Å². The van der Waals surface area contributed by atoms with Crippen LogP contribution in [0.5, 0.6) is 0 Å². The minimum Gasteiger partial charge on any atom is -0.465 e. The third-order valence-electron chi connectivity index (χ3n) is 8.10. The van der Waals surface area contributed by atoms with E-state index in [2.05, 4.69) is 63.6 Å². The van der Waals surface area contributed by atoms with E-state index in [1.165, 1.54) is 34.9 Å². The number of ether oxygens (including phenoxy) is 1. The molecule has 0 unspecified atom stereocenters. The van der Waals surface area contributed by atoms with Crippen LogP contribution in [0.3, 0.4) is 0 Å². The fourth-order valence-corrected chi connectivity index (χ4v) is 6.23. The Bertz CT molecular complexity index is 1610. The highest BCUT2D eigenvalue weighted by Gasteiger charge is 2.25. The zero-order valence-electron chi connectivity index (χ0n) is 22.8. The van der Waals surface area contributed by atoms with E-state index in [9.17, 15) is 4.79 Å². The second kappa shape index (κ2) is 12.1. The van der Waals surface area contributed by atoms with Crippen molar-refractivity contribution < 1.29 is 9.53 Å². The maximum atomic E-state index is 11.9. The van der Waals surface area contributed by atoms with E-state index in [0.717, 1.165) is 53.6 Å². The maximum absolute atomic E-state index is 11.9. The molecule has 1 aliphatic rings. The standard InChI is InChI=1S/C34H31Cl2N3O2/c1-41-34(40)27-4-2-3-22(19-27)21-39-17-15-25(16-18-39)33-30-20-26(9-14-31(30)37-38-33)32(23-5-10-28(35)11-6-23)24-7-12-29(36)13-8-24/h2-14,19-20,25,32H,15-18,21H2,1H3,(H,37,38). The van der Waals surface area contributed by atoms with E-state index in [1.807, 2.05) is 36.4 Å². The molecule has 4 aromatic carbocycles. The molecule has 2 heterocycles. The summed E-state index contributed by atoms with van der Waals surface area (Å²) in [5, 5.41) is 10.7. The van der Waals surface area contributed by atoms with Gasteiger partial charge in [0.25, 0.3) is 0 Å². The third kappa shape index (κ3) is 6.03. The molecular formula is C34H31Cl2N3O2. The highest BCUT2D eigenvalue weighted by molar-refractivity contribution is 6.30. The lowest BCUT2D eigenvalue weighted by Crippen LogP contribution is -2.32. The summed E-state index contributed by atoms with van der Waals surface area (Å²) >= 11 is 12.5. The molecule has 5 aromatic rings.